The van der Waals surface area contributed by atoms with Crippen molar-refractivity contribution < 1.29 is 9.59 Å². The molecule has 1 aromatic carbocycles. The molecule has 0 unspecified atom stereocenters. The van der Waals surface area contributed by atoms with Crippen molar-refractivity contribution in [2.45, 2.75) is 25.0 Å². The first-order valence-electron chi connectivity index (χ1n) is 8.24. The minimum atomic E-state index is -0.244. The van der Waals surface area contributed by atoms with Crippen LogP contribution in [-0.4, -0.2) is 46.4 Å². The van der Waals surface area contributed by atoms with Gasteiger partial charge in [-0.05, 0) is 30.7 Å². The third kappa shape index (κ3) is 3.87. The Balaban J connectivity index is 1.54. The molecular formula is C17H19N7O2. The van der Waals surface area contributed by atoms with E-state index in [-0.39, 0.29) is 30.4 Å². The second kappa shape index (κ2) is 7.76. The number of nitriles is 1. The molecule has 9 nitrogen and oxygen atoms in total. The van der Waals surface area contributed by atoms with Gasteiger partial charge in [0.1, 0.15) is 5.69 Å². The van der Waals surface area contributed by atoms with Crippen LogP contribution < -0.4 is 16.0 Å². The maximum atomic E-state index is 12.1. The number of likely N-dealkylation sites (N-methyl/N-ethyl adjacent to an activating group) is 1. The number of carbonyl (C=O) groups is 2. The fourth-order valence-electron chi connectivity index (χ4n) is 2.83. The first-order valence-corrected chi connectivity index (χ1v) is 8.24. The first-order chi connectivity index (χ1) is 12.6. The molecule has 1 aliphatic heterocycles. The third-order valence-corrected chi connectivity index (χ3v) is 4.31. The summed E-state index contributed by atoms with van der Waals surface area (Å²) in [7, 11) is 1.61. The van der Waals surface area contributed by atoms with Gasteiger partial charge < -0.3 is 16.0 Å². The standard InChI is InChI=1S/C17H19N7O2/c1-19-17(26)15-6-14(9-20-15)24-10-13(22-23-24)8-21-16(25)12-4-2-11(7-18)3-5-12/h2-5,10,14-15,20H,6,8-9H2,1H3,(H,19,26)(H,21,25)/t14-,15-/m0/s1. The lowest BCUT2D eigenvalue weighted by Crippen LogP contribution is -2.38. The van der Waals surface area contributed by atoms with Gasteiger partial charge in [0.25, 0.3) is 5.91 Å². The van der Waals surface area contributed by atoms with Crippen LogP contribution >= 0.6 is 0 Å². The quantitative estimate of drug-likeness (QED) is 0.679. The van der Waals surface area contributed by atoms with Crippen molar-refractivity contribution in [3.8, 4) is 6.07 Å². The van der Waals surface area contributed by atoms with Crippen molar-refractivity contribution in [3.05, 3.63) is 47.3 Å². The summed E-state index contributed by atoms with van der Waals surface area (Å²) in [6.45, 7) is 0.885. The molecule has 1 aromatic heterocycles. The molecule has 2 heterocycles. The monoisotopic (exact) mass is 353 g/mol. The minimum absolute atomic E-state index is 0.0393. The summed E-state index contributed by atoms with van der Waals surface area (Å²) in [5.74, 6) is -0.284. The average Bonchev–Trinajstić information content (AvgIpc) is 3.35. The highest BCUT2D eigenvalue weighted by Gasteiger charge is 2.30. The summed E-state index contributed by atoms with van der Waals surface area (Å²) in [5.41, 5.74) is 1.62. The van der Waals surface area contributed by atoms with E-state index in [1.54, 1.807) is 42.2 Å². The van der Waals surface area contributed by atoms with E-state index in [1.807, 2.05) is 6.07 Å². The Bertz CT molecular complexity index is 838. The van der Waals surface area contributed by atoms with Crippen LogP contribution in [0.4, 0.5) is 0 Å². The van der Waals surface area contributed by atoms with Crippen molar-refractivity contribution in [3.63, 3.8) is 0 Å². The Morgan fingerprint density at radius 1 is 1.38 bits per heavy atom. The maximum absolute atomic E-state index is 12.1. The van der Waals surface area contributed by atoms with E-state index in [9.17, 15) is 9.59 Å². The van der Waals surface area contributed by atoms with Gasteiger partial charge in [0.15, 0.2) is 0 Å². The van der Waals surface area contributed by atoms with Crippen molar-refractivity contribution in [1.29, 1.82) is 5.26 Å². The van der Waals surface area contributed by atoms with E-state index in [0.29, 0.717) is 29.8 Å². The molecule has 2 aromatic rings. The van der Waals surface area contributed by atoms with Crippen LogP contribution in [0.3, 0.4) is 0 Å². The molecule has 3 rings (SSSR count). The average molecular weight is 353 g/mol. The zero-order valence-electron chi connectivity index (χ0n) is 14.3. The molecule has 0 saturated carbocycles. The SMILES string of the molecule is CNC(=O)[C@@H]1C[C@H](n2cc(CNC(=O)c3ccc(C#N)cc3)nn2)CN1. The highest BCUT2D eigenvalue weighted by Crippen LogP contribution is 2.19. The number of hydrogen-bond acceptors (Lipinski definition) is 6. The number of amides is 2. The highest BCUT2D eigenvalue weighted by atomic mass is 16.2. The van der Waals surface area contributed by atoms with Crippen molar-refractivity contribution in [2.24, 2.45) is 0 Å². The van der Waals surface area contributed by atoms with Gasteiger partial charge in [0.05, 0.1) is 36.5 Å². The number of rotatable bonds is 5. The molecule has 2 amide bonds. The topological polar surface area (TPSA) is 125 Å². The number of hydrogen-bond donors (Lipinski definition) is 3. The summed E-state index contributed by atoms with van der Waals surface area (Å²) in [4.78, 5) is 23.8. The lowest BCUT2D eigenvalue weighted by atomic mass is 10.1. The van der Waals surface area contributed by atoms with Crippen LogP contribution in [0.5, 0.6) is 0 Å². The lowest BCUT2D eigenvalue weighted by Gasteiger charge is -2.08. The van der Waals surface area contributed by atoms with Gasteiger partial charge in [-0.25, -0.2) is 4.68 Å². The molecule has 1 aliphatic rings. The predicted octanol–water partition coefficient (Wildman–Crippen LogP) is -0.271. The lowest BCUT2D eigenvalue weighted by molar-refractivity contribution is -0.122. The Kier molecular flexibility index (Phi) is 5.24. The van der Waals surface area contributed by atoms with Gasteiger partial charge in [-0.15, -0.1) is 5.10 Å². The van der Waals surface area contributed by atoms with Gasteiger partial charge in [-0.2, -0.15) is 5.26 Å². The third-order valence-electron chi connectivity index (χ3n) is 4.31. The molecule has 0 radical (unpaired) electrons. The van der Waals surface area contributed by atoms with E-state index in [2.05, 4.69) is 26.3 Å². The number of nitrogens with one attached hydrogen (secondary N) is 3. The molecule has 3 N–H and O–H groups in total. The fourth-order valence-corrected chi connectivity index (χ4v) is 2.83. The van der Waals surface area contributed by atoms with Crippen LogP contribution in [0.25, 0.3) is 0 Å². The molecule has 1 fully saturated rings. The Labute approximate surface area is 150 Å². The van der Waals surface area contributed by atoms with Crippen LogP contribution in [0.1, 0.15) is 34.1 Å². The van der Waals surface area contributed by atoms with Crippen molar-refractivity contribution in [1.82, 2.24) is 30.9 Å². The van der Waals surface area contributed by atoms with Crippen LogP contribution in [0.2, 0.25) is 0 Å². The Morgan fingerprint density at radius 3 is 2.85 bits per heavy atom. The summed E-state index contributed by atoms with van der Waals surface area (Å²) in [5, 5.41) is 25.5. The predicted molar refractivity (Wildman–Crippen MR) is 91.9 cm³/mol. The summed E-state index contributed by atoms with van der Waals surface area (Å²) in [6, 6.07) is 8.24. The summed E-state index contributed by atoms with van der Waals surface area (Å²) >= 11 is 0. The Hall–Kier alpha value is -3.25. The van der Waals surface area contributed by atoms with Crippen LogP contribution in [0.15, 0.2) is 30.5 Å². The molecule has 134 valence electrons. The molecule has 2 atom stereocenters. The van der Waals surface area contributed by atoms with E-state index in [4.69, 9.17) is 5.26 Å². The van der Waals surface area contributed by atoms with Gasteiger partial charge in [0, 0.05) is 19.2 Å². The van der Waals surface area contributed by atoms with Gasteiger partial charge in [-0.3, -0.25) is 9.59 Å². The second-order valence-electron chi connectivity index (χ2n) is 6.03. The maximum Gasteiger partial charge on any atom is 0.251 e. The zero-order valence-corrected chi connectivity index (χ0v) is 14.3. The van der Waals surface area contributed by atoms with Crippen molar-refractivity contribution >= 4 is 11.8 Å². The van der Waals surface area contributed by atoms with E-state index in [1.165, 1.54) is 0 Å². The molecule has 0 bridgehead atoms. The smallest absolute Gasteiger partial charge is 0.251 e. The normalized spacial score (nSPS) is 18.9. The minimum Gasteiger partial charge on any atom is -0.358 e. The number of nitrogens with zero attached hydrogens (tertiary/aromatic N) is 4. The summed E-state index contributed by atoms with van der Waals surface area (Å²) in [6.07, 6.45) is 2.41. The van der Waals surface area contributed by atoms with Gasteiger partial charge >= 0.3 is 0 Å². The molecule has 9 heteroatoms. The summed E-state index contributed by atoms with van der Waals surface area (Å²) < 4.78 is 1.72. The van der Waals surface area contributed by atoms with Crippen molar-refractivity contribution in [2.75, 3.05) is 13.6 Å². The molecule has 26 heavy (non-hydrogen) atoms. The van der Waals surface area contributed by atoms with Crippen LogP contribution in [0, 0.1) is 11.3 Å². The molecule has 0 aliphatic carbocycles. The van der Waals surface area contributed by atoms with Gasteiger partial charge in [-0.1, -0.05) is 5.21 Å². The van der Waals surface area contributed by atoms with E-state index >= 15 is 0 Å². The van der Waals surface area contributed by atoms with Crippen LogP contribution in [-0.2, 0) is 11.3 Å². The molecule has 0 spiro atoms. The second-order valence-corrected chi connectivity index (χ2v) is 6.03. The molecular weight excluding hydrogens is 334 g/mol. The number of aromatic nitrogens is 3. The zero-order chi connectivity index (χ0) is 18.5. The van der Waals surface area contributed by atoms with E-state index < -0.39 is 0 Å². The largest absolute Gasteiger partial charge is 0.358 e. The molecule has 1 saturated heterocycles. The fraction of sp³-hybridized carbons (Fsp3) is 0.353. The Morgan fingerprint density at radius 2 is 2.15 bits per heavy atom. The number of carbonyl (C=O) groups excluding carboxylic acids is 2. The number of benzene rings is 1. The van der Waals surface area contributed by atoms with Gasteiger partial charge in [0.2, 0.25) is 5.91 Å². The van der Waals surface area contributed by atoms with E-state index in [0.717, 1.165) is 0 Å². The first kappa shape index (κ1) is 17.6. The highest BCUT2D eigenvalue weighted by molar-refractivity contribution is 5.94.